The molecule has 0 bridgehead atoms. The first kappa shape index (κ1) is 10.4. The molecule has 15 heavy (non-hydrogen) atoms. The maximum absolute atomic E-state index is 13.7. The molecule has 3 nitrogen and oxygen atoms in total. The highest BCUT2D eigenvalue weighted by Gasteiger charge is 2.19. The molecular formula is C10H9BrFN3. The summed E-state index contributed by atoms with van der Waals surface area (Å²) in [6.07, 6.45) is 0. The van der Waals surface area contributed by atoms with Crippen molar-refractivity contribution in [3.63, 3.8) is 0 Å². The molecule has 0 unspecified atom stereocenters. The maximum atomic E-state index is 13.7. The molecule has 5 heteroatoms. The van der Waals surface area contributed by atoms with E-state index < -0.39 is 5.82 Å². The van der Waals surface area contributed by atoms with Crippen molar-refractivity contribution in [1.29, 1.82) is 5.26 Å². The molecule has 1 fully saturated rings. The van der Waals surface area contributed by atoms with Gasteiger partial charge >= 0.3 is 0 Å². The van der Waals surface area contributed by atoms with Gasteiger partial charge in [0.25, 0.3) is 0 Å². The molecule has 2 N–H and O–H groups in total. The second-order valence-electron chi connectivity index (χ2n) is 3.40. The minimum atomic E-state index is -0.402. The lowest BCUT2D eigenvalue weighted by atomic mass is 10.1. The van der Waals surface area contributed by atoms with Gasteiger partial charge in [0.05, 0.1) is 21.8 Å². The van der Waals surface area contributed by atoms with Gasteiger partial charge in [0.1, 0.15) is 6.07 Å². The first-order valence-corrected chi connectivity index (χ1v) is 5.37. The van der Waals surface area contributed by atoms with Crippen molar-refractivity contribution in [3.05, 3.63) is 28.0 Å². The number of nitrogens with zero attached hydrogens (tertiary/aromatic N) is 1. The summed E-state index contributed by atoms with van der Waals surface area (Å²) >= 11 is 3.07. The van der Waals surface area contributed by atoms with Crippen LogP contribution in [0.4, 0.5) is 10.1 Å². The fourth-order valence-electron chi connectivity index (χ4n) is 1.36. The highest BCUT2D eigenvalue weighted by atomic mass is 79.9. The van der Waals surface area contributed by atoms with Crippen molar-refractivity contribution in [1.82, 2.24) is 5.32 Å². The Morgan fingerprint density at radius 1 is 1.53 bits per heavy atom. The molecule has 0 radical (unpaired) electrons. The first-order valence-electron chi connectivity index (χ1n) is 4.57. The molecule has 1 saturated heterocycles. The van der Waals surface area contributed by atoms with E-state index in [1.54, 1.807) is 12.1 Å². The maximum Gasteiger partial charge on any atom is 0.161 e. The molecule has 0 aromatic heterocycles. The van der Waals surface area contributed by atoms with Gasteiger partial charge in [0.15, 0.2) is 5.82 Å². The number of hydrogen-bond acceptors (Lipinski definition) is 3. The monoisotopic (exact) mass is 269 g/mol. The van der Waals surface area contributed by atoms with Crippen LogP contribution in [0.15, 0.2) is 16.6 Å². The van der Waals surface area contributed by atoms with Crippen molar-refractivity contribution in [2.45, 2.75) is 6.04 Å². The van der Waals surface area contributed by atoms with Gasteiger partial charge in [-0.3, -0.25) is 0 Å². The smallest absolute Gasteiger partial charge is 0.161 e. The molecule has 0 saturated carbocycles. The van der Waals surface area contributed by atoms with Gasteiger partial charge in [0, 0.05) is 13.1 Å². The van der Waals surface area contributed by atoms with Gasteiger partial charge < -0.3 is 10.6 Å². The van der Waals surface area contributed by atoms with E-state index in [4.69, 9.17) is 5.26 Å². The standard InChI is InChI=1S/C10H9BrFN3/c11-9-6(3-13)1-2-8(10(9)12)15-7-4-14-5-7/h1-2,7,14-15H,4-5H2. The van der Waals surface area contributed by atoms with Crippen molar-refractivity contribution in [2.24, 2.45) is 0 Å². The Bertz CT molecular complexity index is 423. The molecule has 0 aliphatic carbocycles. The van der Waals surface area contributed by atoms with E-state index in [1.807, 2.05) is 6.07 Å². The van der Waals surface area contributed by atoms with Crippen molar-refractivity contribution in [3.8, 4) is 6.07 Å². The summed E-state index contributed by atoms with van der Waals surface area (Å²) < 4.78 is 13.9. The molecule has 1 aliphatic rings. The third-order valence-corrected chi connectivity index (χ3v) is 3.12. The molecule has 1 aliphatic heterocycles. The summed E-state index contributed by atoms with van der Waals surface area (Å²) in [5.41, 5.74) is 0.747. The van der Waals surface area contributed by atoms with Crippen LogP contribution in [0, 0.1) is 17.1 Å². The molecule has 0 atom stereocenters. The Morgan fingerprint density at radius 2 is 2.27 bits per heavy atom. The van der Waals surface area contributed by atoms with E-state index in [-0.39, 0.29) is 10.5 Å². The van der Waals surface area contributed by atoms with Gasteiger partial charge in [0.2, 0.25) is 0 Å². The predicted octanol–water partition coefficient (Wildman–Crippen LogP) is 1.84. The van der Waals surface area contributed by atoms with E-state index >= 15 is 0 Å². The van der Waals surface area contributed by atoms with E-state index in [2.05, 4.69) is 26.6 Å². The average molecular weight is 270 g/mol. The summed E-state index contributed by atoms with van der Waals surface area (Å²) in [7, 11) is 0. The fraction of sp³-hybridized carbons (Fsp3) is 0.300. The summed E-state index contributed by atoms with van der Waals surface area (Å²) in [4.78, 5) is 0. The van der Waals surface area contributed by atoms with Crippen LogP contribution in [0.1, 0.15) is 5.56 Å². The fourth-order valence-corrected chi connectivity index (χ4v) is 1.79. The third kappa shape index (κ3) is 1.96. The zero-order valence-corrected chi connectivity index (χ0v) is 9.44. The van der Waals surface area contributed by atoms with Crippen LogP contribution >= 0.6 is 15.9 Å². The summed E-state index contributed by atoms with van der Waals surface area (Å²) in [5, 5.41) is 14.8. The van der Waals surface area contributed by atoms with Gasteiger partial charge in [-0.1, -0.05) is 0 Å². The molecule has 2 rings (SSSR count). The van der Waals surface area contributed by atoms with Crippen LogP contribution in [0.25, 0.3) is 0 Å². The number of hydrogen-bond donors (Lipinski definition) is 2. The van der Waals surface area contributed by atoms with Crippen molar-refractivity contribution >= 4 is 21.6 Å². The Hall–Kier alpha value is -1.12. The zero-order chi connectivity index (χ0) is 10.8. The third-order valence-electron chi connectivity index (χ3n) is 2.34. The Morgan fingerprint density at radius 3 is 2.80 bits per heavy atom. The summed E-state index contributed by atoms with van der Waals surface area (Å²) in [6.45, 7) is 1.69. The van der Waals surface area contributed by atoms with Gasteiger partial charge in [-0.15, -0.1) is 0 Å². The SMILES string of the molecule is N#Cc1ccc(NC2CNC2)c(F)c1Br. The number of rotatable bonds is 2. The van der Waals surface area contributed by atoms with Crippen molar-refractivity contribution < 1.29 is 4.39 Å². The van der Waals surface area contributed by atoms with Gasteiger partial charge in [-0.2, -0.15) is 5.26 Å². The molecule has 1 heterocycles. The minimum absolute atomic E-state index is 0.224. The number of benzene rings is 1. The topological polar surface area (TPSA) is 47.9 Å². The number of nitrogens with one attached hydrogen (secondary N) is 2. The minimum Gasteiger partial charge on any atom is -0.377 e. The van der Waals surface area contributed by atoms with Gasteiger partial charge in [-0.05, 0) is 28.1 Å². The second kappa shape index (κ2) is 4.17. The predicted molar refractivity (Wildman–Crippen MR) is 59.1 cm³/mol. The lowest BCUT2D eigenvalue weighted by molar-refractivity contribution is 0.469. The van der Waals surface area contributed by atoms with Crippen LogP contribution in [-0.4, -0.2) is 19.1 Å². The van der Waals surface area contributed by atoms with Gasteiger partial charge in [-0.25, -0.2) is 4.39 Å². The largest absolute Gasteiger partial charge is 0.377 e. The molecule has 78 valence electrons. The summed E-state index contributed by atoms with van der Waals surface area (Å²) in [5.74, 6) is -0.402. The average Bonchev–Trinajstić information content (AvgIpc) is 2.18. The molecular weight excluding hydrogens is 261 g/mol. The summed E-state index contributed by atoms with van der Waals surface area (Å²) in [6, 6.07) is 5.39. The van der Waals surface area contributed by atoms with Crippen LogP contribution in [-0.2, 0) is 0 Å². The number of anilines is 1. The van der Waals surface area contributed by atoms with Crippen LogP contribution in [0.3, 0.4) is 0 Å². The quantitative estimate of drug-likeness (QED) is 0.862. The molecule has 1 aromatic carbocycles. The van der Waals surface area contributed by atoms with E-state index in [0.29, 0.717) is 11.3 Å². The van der Waals surface area contributed by atoms with Crippen molar-refractivity contribution in [2.75, 3.05) is 18.4 Å². The van der Waals surface area contributed by atoms with Crippen LogP contribution in [0.5, 0.6) is 0 Å². The lowest BCUT2D eigenvalue weighted by Crippen LogP contribution is -2.51. The lowest BCUT2D eigenvalue weighted by Gasteiger charge is -2.29. The van der Waals surface area contributed by atoms with E-state index in [0.717, 1.165) is 13.1 Å². The Kier molecular flexibility index (Phi) is 2.89. The highest BCUT2D eigenvalue weighted by Crippen LogP contribution is 2.27. The number of nitriles is 1. The molecule has 0 spiro atoms. The van der Waals surface area contributed by atoms with Crippen LogP contribution < -0.4 is 10.6 Å². The Balaban J connectivity index is 2.25. The van der Waals surface area contributed by atoms with Crippen LogP contribution in [0.2, 0.25) is 0 Å². The number of halogens is 2. The zero-order valence-electron chi connectivity index (χ0n) is 7.85. The second-order valence-corrected chi connectivity index (χ2v) is 4.19. The van der Waals surface area contributed by atoms with E-state index in [1.165, 1.54) is 0 Å². The van der Waals surface area contributed by atoms with E-state index in [9.17, 15) is 4.39 Å². The molecule has 0 amide bonds. The highest BCUT2D eigenvalue weighted by molar-refractivity contribution is 9.10. The first-order chi connectivity index (χ1) is 7.22. The molecule has 1 aromatic rings. The normalized spacial score (nSPS) is 15.5. The Labute approximate surface area is 95.4 Å².